The van der Waals surface area contributed by atoms with Gasteiger partial charge in [0.2, 0.25) is 0 Å². The molecule has 4 rings (SSSR count). The van der Waals surface area contributed by atoms with E-state index in [2.05, 4.69) is 9.98 Å². The molecule has 0 radical (unpaired) electrons. The van der Waals surface area contributed by atoms with Gasteiger partial charge in [0.25, 0.3) is 5.91 Å². The molecule has 0 bridgehead atoms. The molecule has 0 fully saturated rings. The second-order valence-electron chi connectivity index (χ2n) is 5.91. The molecule has 0 saturated heterocycles. The maximum absolute atomic E-state index is 12.2. The quantitative estimate of drug-likeness (QED) is 0.736. The van der Waals surface area contributed by atoms with Crippen molar-refractivity contribution < 1.29 is 9.21 Å². The number of furan rings is 1. The minimum atomic E-state index is -0.473. The largest absolute Gasteiger partial charge is 0.457 e. The van der Waals surface area contributed by atoms with E-state index in [0.29, 0.717) is 22.3 Å². The van der Waals surface area contributed by atoms with Crippen LogP contribution in [0.3, 0.4) is 0 Å². The summed E-state index contributed by atoms with van der Waals surface area (Å²) in [6.45, 7) is 0. The summed E-state index contributed by atoms with van der Waals surface area (Å²) in [4.78, 5) is 20.5. The van der Waals surface area contributed by atoms with Crippen LogP contribution in [0.15, 0.2) is 80.7 Å². The molecule has 27 heavy (non-hydrogen) atoms. The fourth-order valence-corrected chi connectivity index (χ4v) is 2.90. The predicted octanol–water partition coefficient (Wildman–Crippen LogP) is 4.63. The summed E-state index contributed by atoms with van der Waals surface area (Å²) in [6, 6.07) is 12.8. The van der Waals surface area contributed by atoms with Crippen LogP contribution in [0.4, 0.5) is 0 Å². The Kier molecular flexibility index (Phi) is 4.41. The van der Waals surface area contributed by atoms with Gasteiger partial charge in [-0.3, -0.25) is 4.79 Å². The highest BCUT2D eigenvalue weighted by Crippen LogP contribution is 2.25. The number of rotatable bonds is 3. The first-order valence-corrected chi connectivity index (χ1v) is 8.56. The van der Waals surface area contributed by atoms with Crippen LogP contribution in [0.2, 0.25) is 5.02 Å². The number of aliphatic imine (C=N–C) groups is 2. The summed E-state index contributed by atoms with van der Waals surface area (Å²) in [5.74, 6) is 0.395. The molecule has 1 aliphatic carbocycles. The number of hydrogen-bond donors (Lipinski definition) is 0. The second-order valence-corrected chi connectivity index (χ2v) is 6.35. The van der Waals surface area contributed by atoms with Gasteiger partial charge in [0.05, 0.1) is 5.71 Å². The Morgan fingerprint density at radius 1 is 1.15 bits per heavy atom. The minimum absolute atomic E-state index is 0.0955. The van der Waals surface area contributed by atoms with Gasteiger partial charge in [-0.25, -0.2) is 4.99 Å². The third-order valence-electron chi connectivity index (χ3n) is 4.12. The van der Waals surface area contributed by atoms with Crippen molar-refractivity contribution in [2.45, 2.75) is 0 Å². The van der Waals surface area contributed by atoms with Crippen LogP contribution < -0.4 is 0 Å². The Morgan fingerprint density at radius 2 is 1.96 bits per heavy atom. The fourth-order valence-electron chi connectivity index (χ4n) is 2.78. The van der Waals surface area contributed by atoms with E-state index in [1.807, 2.05) is 18.2 Å². The van der Waals surface area contributed by atoms with E-state index in [1.54, 1.807) is 48.6 Å². The highest BCUT2D eigenvalue weighted by Gasteiger charge is 2.27. The van der Waals surface area contributed by atoms with Crippen LogP contribution in [0.25, 0.3) is 17.4 Å². The predicted molar refractivity (Wildman–Crippen MR) is 104 cm³/mol. The Bertz CT molecular complexity index is 1110. The van der Waals surface area contributed by atoms with Crippen molar-refractivity contribution in [2.75, 3.05) is 0 Å². The third-order valence-corrected chi connectivity index (χ3v) is 4.37. The van der Waals surface area contributed by atoms with Crippen LogP contribution in [-0.4, -0.2) is 17.5 Å². The van der Waals surface area contributed by atoms with Crippen LogP contribution >= 0.6 is 11.6 Å². The van der Waals surface area contributed by atoms with Gasteiger partial charge >= 0.3 is 0 Å². The van der Waals surface area contributed by atoms with Crippen molar-refractivity contribution >= 4 is 35.1 Å². The van der Waals surface area contributed by atoms with E-state index in [9.17, 15) is 10.1 Å². The van der Waals surface area contributed by atoms with Crippen molar-refractivity contribution in [1.82, 2.24) is 0 Å². The molecule has 0 spiro atoms. The van der Waals surface area contributed by atoms with E-state index in [1.165, 1.54) is 6.08 Å². The van der Waals surface area contributed by atoms with Gasteiger partial charge in [-0.15, -0.1) is 0 Å². The minimum Gasteiger partial charge on any atom is -0.457 e. The van der Waals surface area contributed by atoms with Gasteiger partial charge < -0.3 is 4.42 Å². The van der Waals surface area contributed by atoms with Gasteiger partial charge in [0, 0.05) is 16.7 Å². The number of fused-ring (bicyclic) bond motifs is 1. The van der Waals surface area contributed by atoms with Crippen LogP contribution in [0.1, 0.15) is 5.76 Å². The SMILES string of the molecule is N#C/C(=C\c1ccc(-c2ccc(Cl)cc2)o1)C1=NC(=O)C2C=CC=CC2=N1. The Labute approximate surface area is 160 Å². The molecule has 1 aliphatic heterocycles. The zero-order valence-corrected chi connectivity index (χ0v) is 14.7. The second kappa shape index (κ2) is 7.02. The van der Waals surface area contributed by atoms with E-state index in [4.69, 9.17) is 16.0 Å². The highest BCUT2D eigenvalue weighted by molar-refractivity contribution is 6.30. The number of nitrogens with zero attached hydrogens (tertiary/aromatic N) is 3. The van der Waals surface area contributed by atoms with Gasteiger partial charge in [0.1, 0.15) is 29.1 Å². The average Bonchev–Trinajstić information content (AvgIpc) is 3.15. The monoisotopic (exact) mass is 373 g/mol. The first-order valence-electron chi connectivity index (χ1n) is 8.18. The van der Waals surface area contributed by atoms with Crippen LogP contribution in [0, 0.1) is 17.2 Å². The van der Waals surface area contributed by atoms with Crippen molar-refractivity contribution in [3.63, 3.8) is 0 Å². The van der Waals surface area contributed by atoms with E-state index < -0.39 is 5.92 Å². The molecule has 2 heterocycles. The van der Waals surface area contributed by atoms with Gasteiger partial charge in [0.15, 0.2) is 5.84 Å². The lowest BCUT2D eigenvalue weighted by atomic mass is 9.96. The number of carbonyl (C=O) groups excluding carboxylic acids is 1. The molecule has 1 aromatic carbocycles. The third kappa shape index (κ3) is 3.43. The molecule has 1 atom stereocenters. The molecular weight excluding hydrogens is 362 g/mol. The number of benzene rings is 1. The Balaban J connectivity index is 1.65. The van der Waals surface area contributed by atoms with E-state index in [-0.39, 0.29) is 17.3 Å². The normalized spacial score (nSPS) is 18.6. The summed E-state index contributed by atoms with van der Waals surface area (Å²) < 4.78 is 5.78. The summed E-state index contributed by atoms with van der Waals surface area (Å²) in [7, 11) is 0. The summed E-state index contributed by atoms with van der Waals surface area (Å²) in [5.41, 5.74) is 1.61. The number of nitriles is 1. The first-order chi connectivity index (χ1) is 13.1. The number of hydrogen-bond acceptors (Lipinski definition) is 4. The first kappa shape index (κ1) is 17.0. The average molecular weight is 374 g/mol. The summed E-state index contributed by atoms with van der Waals surface area (Å²) >= 11 is 5.90. The molecule has 0 N–H and O–H groups in total. The van der Waals surface area contributed by atoms with Crippen molar-refractivity contribution in [1.29, 1.82) is 5.26 Å². The Morgan fingerprint density at radius 3 is 2.74 bits per heavy atom. The standard InChI is InChI=1S/C21H12ClN3O2/c22-15-7-5-13(6-8-15)19-10-9-16(27-19)11-14(12-23)20-24-18-4-2-1-3-17(18)21(26)25-20/h1-11,17H/b14-11+. The molecule has 0 saturated carbocycles. The van der Waals surface area contributed by atoms with Gasteiger partial charge in [-0.2, -0.15) is 10.3 Å². The number of amidine groups is 1. The van der Waals surface area contributed by atoms with Gasteiger partial charge in [-0.05, 0) is 42.5 Å². The zero-order chi connectivity index (χ0) is 18.8. The Hall–Kier alpha value is -3.49. The van der Waals surface area contributed by atoms with E-state index >= 15 is 0 Å². The lowest BCUT2D eigenvalue weighted by Gasteiger charge is -2.17. The maximum Gasteiger partial charge on any atom is 0.260 e. The zero-order valence-electron chi connectivity index (χ0n) is 14.0. The molecule has 1 unspecified atom stereocenters. The van der Waals surface area contributed by atoms with Crippen LogP contribution in [-0.2, 0) is 4.79 Å². The molecule has 1 amide bonds. The fraction of sp³-hybridized carbons (Fsp3) is 0.0476. The van der Waals surface area contributed by atoms with E-state index in [0.717, 1.165) is 5.56 Å². The number of halogens is 1. The summed E-state index contributed by atoms with van der Waals surface area (Å²) in [6.07, 6.45) is 8.59. The number of allylic oxidation sites excluding steroid dienone is 3. The molecule has 5 nitrogen and oxygen atoms in total. The topological polar surface area (TPSA) is 78.7 Å². The summed E-state index contributed by atoms with van der Waals surface area (Å²) in [5, 5.41) is 10.1. The lowest BCUT2D eigenvalue weighted by molar-refractivity contribution is -0.118. The van der Waals surface area contributed by atoms with Gasteiger partial charge in [-0.1, -0.05) is 29.8 Å². The molecule has 6 heteroatoms. The smallest absolute Gasteiger partial charge is 0.260 e. The molecule has 1 aromatic heterocycles. The maximum atomic E-state index is 12.2. The number of amides is 1. The van der Waals surface area contributed by atoms with Crippen molar-refractivity contribution in [2.24, 2.45) is 15.9 Å². The van der Waals surface area contributed by atoms with Crippen molar-refractivity contribution in [3.05, 3.63) is 77.1 Å². The molecule has 2 aliphatic rings. The molecule has 130 valence electrons. The molecule has 2 aromatic rings. The highest BCUT2D eigenvalue weighted by atomic mass is 35.5. The van der Waals surface area contributed by atoms with Crippen molar-refractivity contribution in [3.8, 4) is 17.4 Å². The number of carbonyl (C=O) groups is 1. The lowest BCUT2D eigenvalue weighted by Crippen LogP contribution is -2.27. The van der Waals surface area contributed by atoms with Crippen LogP contribution in [0.5, 0.6) is 0 Å². The molecular formula is C21H12ClN3O2.